The fraction of sp³-hybridized carbons (Fsp3) is 0.495. The number of nitrogens with zero attached hydrogens (tertiary/aromatic N) is 4. The van der Waals surface area contributed by atoms with E-state index in [1.807, 2.05) is 109 Å². The van der Waals surface area contributed by atoms with Gasteiger partial charge in [-0.3, -0.25) is 24.2 Å². The molecule has 116 heavy (non-hydrogen) atoms. The zero-order valence-electron chi connectivity index (χ0n) is 67.4. The van der Waals surface area contributed by atoms with E-state index in [9.17, 15) is 9.59 Å². The Hall–Kier alpha value is -6.19. The molecule has 12 aliphatic rings. The summed E-state index contributed by atoms with van der Waals surface area (Å²) in [6, 6.07) is 51.7. The van der Waals surface area contributed by atoms with E-state index < -0.39 is 16.6 Å². The molecule has 7 aromatic rings. The van der Waals surface area contributed by atoms with E-state index in [1.54, 1.807) is 30.9 Å². The second-order valence-corrected chi connectivity index (χ2v) is 38.2. The lowest BCUT2D eigenvalue weighted by Gasteiger charge is -2.46. The number of amidine groups is 1. The molecular weight excluding hydrogens is 1630 g/mol. The van der Waals surface area contributed by atoms with Crippen LogP contribution in [0, 0.1) is 34.0 Å². The molecule has 3 amide bonds. The van der Waals surface area contributed by atoms with Crippen LogP contribution < -0.4 is 22.1 Å². The predicted octanol–water partition coefficient (Wildman–Crippen LogP) is 20.5. The first-order valence-corrected chi connectivity index (χ1v) is 46.2. The monoisotopic (exact) mass is 1740 g/mol. The summed E-state index contributed by atoms with van der Waals surface area (Å²) in [6.45, 7) is 0.727. The Morgan fingerprint density at radius 1 is 0.483 bits per heavy atom. The second kappa shape index (κ2) is 36.2. The predicted molar refractivity (Wildman–Crippen MR) is 478 cm³/mol. The summed E-state index contributed by atoms with van der Waals surface area (Å²) in [4.78, 5) is 57.3. The Labute approximate surface area is 724 Å². The number of thioether (sulfide) groups is 1. The van der Waals surface area contributed by atoms with E-state index in [0.717, 1.165) is 187 Å². The number of methoxy groups -OCH3 is 3. The van der Waals surface area contributed by atoms with Crippen LogP contribution in [0.1, 0.15) is 207 Å². The van der Waals surface area contributed by atoms with Crippen LogP contribution in [0.5, 0.6) is 0 Å². The first-order valence-electron chi connectivity index (χ1n) is 42.2. The van der Waals surface area contributed by atoms with Crippen molar-refractivity contribution >= 4 is 120 Å². The number of ether oxygens (including phenoxy) is 3. The van der Waals surface area contributed by atoms with Crippen molar-refractivity contribution in [2.24, 2.45) is 55.5 Å². The third kappa shape index (κ3) is 16.8. The normalized spacial score (nSPS) is 27.7. The quantitative estimate of drug-likeness (QED) is 0.0446. The molecule has 3 heterocycles. The molecule has 0 bridgehead atoms. The van der Waals surface area contributed by atoms with Crippen molar-refractivity contribution < 1.29 is 28.6 Å². The molecule has 0 radical (unpaired) electrons. The molecule has 614 valence electrons. The van der Waals surface area contributed by atoms with Crippen LogP contribution in [0.15, 0.2) is 162 Å². The Bertz CT molecular complexity index is 4840. The summed E-state index contributed by atoms with van der Waals surface area (Å²) in [6.07, 6.45) is 30.0. The molecule has 6 saturated carbocycles. The molecule has 3 unspecified atom stereocenters. The van der Waals surface area contributed by atoms with Gasteiger partial charge in [0.15, 0.2) is 32.9 Å². The second-order valence-electron chi connectivity index (χ2n) is 34.6. The van der Waals surface area contributed by atoms with Gasteiger partial charge in [0.2, 0.25) is 0 Å². The van der Waals surface area contributed by atoms with E-state index in [1.165, 1.54) is 104 Å². The highest BCUT2D eigenvalue weighted by Crippen LogP contribution is 2.65. The lowest BCUT2D eigenvalue weighted by Crippen LogP contribution is -2.56. The number of guanidine groups is 1. The number of alkyl halides is 1. The fourth-order valence-corrected chi connectivity index (χ4v) is 23.6. The van der Waals surface area contributed by atoms with Crippen LogP contribution in [-0.4, -0.2) is 90.4 Å². The smallest absolute Gasteiger partial charge is 0.262 e. The molecule has 3 atom stereocenters. The first kappa shape index (κ1) is 84.8. The number of carbonyl (C=O) groups is 3. The van der Waals surface area contributed by atoms with Crippen molar-refractivity contribution in [3.8, 4) is 0 Å². The highest BCUT2D eigenvalue weighted by Gasteiger charge is 2.69. The van der Waals surface area contributed by atoms with Crippen molar-refractivity contribution in [2.45, 2.75) is 232 Å². The number of hydrogen-bond donors (Lipinski definition) is 4. The molecular formula is C95H111BrCl4N8O6S2. The maximum Gasteiger partial charge on any atom is 0.262 e. The number of thiocarbonyl (C=S) groups is 1. The molecule has 14 nitrogen and oxygen atoms in total. The Balaban J connectivity index is 0.000000131. The Morgan fingerprint density at radius 2 is 0.845 bits per heavy atom. The molecule has 3 aliphatic heterocycles. The lowest BCUT2D eigenvalue weighted by molar-refractivity contribution is -0.139. The van der Waals surface area contributed by atoms with E-state index in [-0.39, 0.29) is 46.2 Å². The fourth-order valence-electron chi connectivity index (χ4n) is 20.8. The highest BCUT2D eigenvalue weighted by molar-refractivity contribution is 9.08. The molecule has 7 fully saturated rings. The number of nitrogens with two attached hydrogens (primary N) is 2. The molecule has 7 aromatic carbocycles. The van der Waals surface area contributed by atoms with Crippen LogP contribution in [0.2, 0.25) is 20.1 Å². The number of amides is 3. The molecule has 19 rings (SSSR count). The van der Waals surface area contributed by atoms with Gasteiger partial charge in [-0.2, -0.15) is 0 Å². The zero-order chi connectivity index (χ0) is 81.2. The van der Waals surface area contributed by atoms with Crippen molar-refractivity contribution in [1.29, 1.82) is 0 Å². The van der Waals surface area contributed by atoms with Gasteiger partial charge in [0, 0.05) is 68.7 Å². The van der Waals surface area contributed by atoms with Gasteiger partial charge in [-0.15, -0.1) is 0 Å². The van der Waals surface area contributed by atoms with Crippen molar-refractivity contribution in [1.82, 2.24) is 20.4 Å². The van der Waals surface area contributed by atoms with Crippen LogP contribution in [0.4, 0.5) is 0 Å². The van der Waals surface area contributed by atoms with Gasteiger partial charge < -0.3 is 36.3 Å². The van der Waals surface area contributed by atoms with Crippen molar-refractivity contribution in [2.75, 3.05) is 28.4 Å². The van der Waals surface area contributed by atoms with Crippen LogP contribution in [0.25, 0.3) is 0 Å². The van der Waals surface area contributed by atoms with Gasteiger partial charge in [-0.05, 0) is 268 Å². The van der Waals surface area contributed by atoms with Crippen molar-refractivity contribution in [3.05, 3.63) is 244 Å². The van der Waals surface area contributed by atoms with Gasteiger partial charge in [-0.25, -0.2) is 9.98 Å². The lowest BCUT2D eigenvalue weighted by atomic mass is 9.61. The van der Waals surface area contributed by atoms with Crippen LogP contribution in [-0.2, 0) is 108 Å². The summed E-state index contributed by atoms with van der Waals surface area (Å²) in [5.41, 5.74) is 23.0. The molecule has 9 aliphatic carbocycles. The summed E-state index contributed by atoms with van der Waals surface area (Å²) < 4.78 is 17.1. The van der Waals surface area contributed by atoms with E-state index in [2.05, 4.69) is 86.9 Å². The molecule has 6 N–H and O–H groups in total. The number of benzene rings is 7. The summed E-state index contributed by atoms with van der Waals surface area (Å²) in [5.74, 6) is 3.73. The molecule has 0 aromatic heterocycles. The van der Waals surface area contributed by atoms with E-state index in [4.69, 9.17) is 88.6 Å². The number of nitrogens with one attached hydrogen (secondary N) is 2. The number of carbonyl (C=O) groups excluding carboxylic acids is 3. The third-order valence-corrected chi connectivity index (χ3v) is 31.2. The topological polar surface area (TPSA) is 186 Å². The average molecular weight is 1750 g/mol. The number of rotatable bonds is 19. The summed E-state index contributed by atoms with van der Waals surface area (Å²) in [7, 11) is 6.89. The summed E-state index contributed by atoms with van der Waals surface area (Å²) in [5, 5.41) is 11.3. The third-order valence-electron chi connectivity index (χ3n) is 27.9. The average Bonchev–Trinajstić information content (AvgIpc) is 1.53. The number of fused-ring (bicyclic) bond motifs is 9. The van der Waals surface area contributed by atoms with Crippen LogP contribution in [0.3, 0.4) is 0 Å². The Kier molecular flexibility index (Phi) is 26.5. The van der Waals surface area contributed by atoms with E-state index in [0.29, 0.717) is 46.1 Å². The number of hydrogen-bond acceptors (Lipinski definition) is 12. The highest BCUT2D eigenvalue weighted by atomic mass is 79.9. The minimum absolute atomic E-state index is 0.00359. The SMILES string of the molecule is CN.COC1CCC2(CC1)Cc1ccc(CCC3CC3)cc1C21N=C(N)N(Cc2ccccc2Cl)C1=O.COC1CCC2(CC1)Cc1ccc(CCC3CC3)cc1C21N=C(SCc2ccccc2Cl)N(Cc2ccccc2Cl)C1=O.COC1CCC2(CC1)Cc1ccc(CCC3CC3)cc1C21NC(=S)NC1=O.Clc1ccccc1CBr. The van der Waals surface area contributed by atoms with Gasteiger partial charge >= 0.3 is 0 Å². The van der Waals surface area contributed by atoms with Gasteiger partial charge in [0.05, 0.1) is 31.4 Å². The van der Waals surface area contributed by atoms with Crippen molar-refractivity contribution in [3.63, 3.8) is 0 Å². The maximum atomic E-state index is 15.2. The zero-order valence-corrected chi connectivity index (χ0v) is 73.7. The first-order chi connectivity index (χ1) is 56.3. The number of aliphatic imine (C=N–C) groups is 2. The molecule has 6 spiro atoms. The molecule has 21 heteroatoms. The van der Waals surface area contributed by atoms with Gasteiger partial charge in [-0.1, -0.05) is 240 Å². The Morgan fingerprint density at radius 3 is 1.23 bits per heavy atom. The minimum atomic E-state index is -0.956. The largest absolute Gasteiger partial charge is 0.381 e. The molecule has 1 saturated heterocycles. The number of halogens is 5. The summed E-state index contributed by atoms with van der Waals surface area (Å²) >= 11 is 35.8. The maximum absolute atomic E-state index is 15.2. The van der Waals surface area contributed by atoms with Gasteiger partial charge in [0.1, 0.15) is 0 Å². The van der Waals surface area contributed by atoms with Gasteiger partial charge in [0.25, 0.3) is 17.7 Å². The van der Waals surface area contributed by atoms with Crippen LogP contribution >= 0.6 is 86.3 Å². The number of aryl methyl sites for hydroxylation is 3. The standard InChI is InChI=1S/C36H38Cl2N2O2S.C29H34ClN3O2.C22H28N2O2S.C7H6BrCl.CH5N/c1-42-29-16-18-35(19-17-29)21-26-15-14-25(13-12-24-10-11-24)20-30(26)36(35)33(41)40(22-27-6-2-4-8-31(27)37)34(39-36)43-23-28-7-3-5-9-32(28)38;1-35-23-12-14-28(15-13-23)17-21-11-10-20(9-8-19-6-7-19)16-24(21)29(28)26(34)33(27(31)32-29)18-22-4-2-3-5-25(22)30;1-26-17-8-10-21(11-9-17)13-16-7-6-15(5-4-14-2-3-14)12-18(16)22(21)19(25)23-20(27)24-22;8-5-6-3-1-2-4-7(6)9;1-2/h2-9,14-15,20,24,29H,10-13,16-19,21-23H2,1H3;2-5,10-11,16,19,23H,6-9,12-15,17-18H2,1H3,(H2,31,32);6-7,12,14,17H,2-5,8-11,13H2,1H3,(H2,23,24,25,27);1-4H,5H2;2H2,1H3. The minimum Gasteiger partial charge on any atom is -0.381 e. The van der Waals surface area contributed by atoms with E-state index >= 15 is 4.79 Å².